The Morgan fingerprint density at radius 3 is 2.29 bits per heavy atom. The maximum absolute atomic E-state index is 13.4. The lowest BCUT2D eigenvalue weighted by molar-refractivity contribution is -0.138. The molecule has 0 heterocycles. The third-order valence-corrected chi connectivity index (χ3v) is 3.33. The first-order valence-corrected chi connectivity index (χ1v) is 6.49. The molecule has 0 aliphatic heterocycles. The van der Waals surface area contributed by atoms with Crippen LogP contribution in [0, 0.1) is 5.82 Å². The van der Waals surface area contributed by atoms with Crippen molar-refractivity contribution in [2.45, 2.75) is 18.6 Å². The number of hydrogen-bond donors (Lipinski definition) is 1. The molecule has 0 saturated heterocycles. The second kappa shape index (κ2) is 6.26. The fourth-order valence-electron chi connectivity index (χ4n) is 2.30. The number of halogens is 4. The highest BCUT2D eigenvalue weighted by Gasteiger charge is 2.35. The van der Waals surface area contributed by atoms with Crippen LogP contribution in [0.5, 0.6) is 0 Å². The predicted octanol–water partition coefficient (Wildman–Crippen LogP) is 4.35. The molecule has 0 aliphatic carbocycles. The van der Waals surface area contributed by atoms with Gasteiger partial charge in [0.2, 0.25) is 0 Å². The molecule has 0 aliphatic rings. The van der Waals surface area contributed by atoms with Gasteiger partial charge in [-0.3, -0.25) is 0 Å². The molecule has 1 unspecified atom stereocenters. The Balaban J connectivity index is 2.40. The lowest BCUT2D eigenvalue weighted by Crippen LogP contribution is -2.23. The first-order chi connectivity index (χ1) is 9.91. The smallest absolute Gasteiger partial charge is 0.313 e. The Kier molecular flexibility index (Phi) is 4.63. The van der Waals surface area contributed by atoms with E-state index in [1.54, 1.807) is 7.05 Å². The van der Waals surface area contributed by atoms with E-state index in [9.17, 15) is 17.6 Å². The Labute approximate surface area is 120 Å². The summed E-state index contributed by atoms with van der Waals surface area (Å²) in [6.45, 7) is 0. The summed E-state index contributed by atoms with van der Waals surface area (Å²) in [6.07, 6.45) is -4.15. The van der Waals surface area contributed by atoms with Crippen LogP contribution in [0.1, 0.15) is 22.7 Å². The monoisotopic (exact) mass is 297 g/mol. The molecule has 0 saturated carbocycles. The van der Waals surface area contributed by atoms with Gasteiger partial charge in [-0.1, -0.05) is 30.3 Å². The van der Waals surface area contributed by atoms with Gasteiger partial charge in [-0.05, 0) is 42.8 Å². The molecule has 1 nitrogen and oxygen atoms in total. The largest absolute Gasteiger partial charge is 0.416 e. The molecule has 0 fully saturated rings. The van der Waals surface area contributed by atoms with Crippen LogP contribution in [-0.2, 0) is 12.6 Å². The Morgan fingerprint density at radius 2 is 1.71 bits per heavy atom. The van der Waals surface area contributed by atoms with Crippen LogP contribution < -0.4 is 5.32 Å². The number of alkyl halides is 3. The van der Waals surface area contributed by atoms with Gasteiger partial charge in [0.25, 0.3) is 0 Å². The van der Waals surface area contributed by atoms with Crippen molar-refractivity contribution in [3.63, 3.8) is 0 Å². The molecule has 0 aromatic heterocycles. The number of nitrogens with one attached hydrogen (secondary N) is 1. The highest BCUT2D eigenvalue weighted by molar-refractivity contribution is 5.34. The van der Waals surface area contributed by atoms with Crippen LogP contribution in [-0.4, -0.2) is 7.05 Å². The van der Waals surface area contributed by atoms with Gasteiger partial charge in [-0.25, -0.2) is 4.39 Å². The number of likely N-dealkylation sites (N-methyl/N-ethyl adjacent to an activating group) is 1. The van der Waals surface area contributed by atoms with E-state index >= 15 is 0 Å². The molecular formula is C16H15F4N. The normalized spacial score (nSPS) is 13.2. The average Bonchev–Trinajstić information content (AvgIpc) is 2.44. The van der Waals surface area contributed by atoms with E-state index in [1.165, 1.54) is 0 Å². The number of rotatable bonds is 4. The third kappa shape index (κ3) is 3.82. The van der Waals surface area contributed by atoms with E-state index in [4.69, 9.17) is 0 Å². The second-order valence-electron chi connectivity index (χ2n) is 4.76. The van der Waals surface area contributed by atoms with Crippen LogP contribution in [0.15, 0.2) is 48.5 Å². The van der Waals surface area contributed by atoms with Gasteiger partial charge in [0.05, 0.1) is 5.56 Å². The lowest BCUT2D eigenvalue weighted by atomic mass is 9.94. The van der Waals surface area contributed by atoms with Crippen molar-refractivity contribution < 1.29 is 17.6 Å². The number of benzene rings is 2. The first-order valence-electron chi connectivity index (χ1n) is 6.49. The van der Waals surface area contributed by atoms with Gasteiger partial charge < -0.3 is 5.32 Å². The fourth-order valence-corrected chi connectivity index (χ4v) is 2.30. The van der Waals surface area contributed by atoms with Crippen molar-refractivity contribution >= 4 is 0 Å². The summed E-state index contributed by atoms with van der Waals surface area (Å²) in [4.78, 5) is 0. The predicted molar refractivity (Wildman–Crippen MR) is 73.3 cm³/mol. The molecule has 21 heavy (non-hydrogen) atoms. The van der Waals surface area contributed by atoms with E-state index in [1.807, 2.05) is 30.3 Å². The van der Waals surface area contributed by atoms with Gasteiger partial charge in [-0.15, -0.1) is 0 Å². The van der Waals surface area contributed by atoms with Crippen LogP contribution in [0.2, 0.25) is 0 Å². The quantitative estimate of drug-likeness (QED) is 0.827. The molecule has 1 N–H and O–H groups in total. The molecule has 0 amide bonds. The zero-order chi connectivity index (χ0) is 15.5. The van der Waals surface area contributed by atoms with E-state index in [0.717, 1.165) is 23.8 Å². The van der Waals surface area contributed by atoms with Crippen molar-refractivity contribution in [2.75, 3.05) is 7.05 Å². The minimum absolute atomic E-state index is 0.0751. The fraction of sp³-hybridized carbons (Fsp3) is 0.250. The molecule has 112 valence electrons. The minimum atomic E-state index is -4.51. The Morgan fingerprint density at radius 1 is 1.05 bits per heavy atom. The lowest BCUT2D eigenvalue weighted by Gasteiger charge is -2.21. The molecule has 0 spiro atoms. The SMILES string of the molecule is CNC(Cc1ccccc1)c1cc(F)ccc1C(F)(F)F. The molecule has 1 atom stereocenters. The molecule has 2 aromatic rings. The highest BCUT2D eigenvalue weighted by Crippen LogP contribution is 2.35. The molecule has 2 aromatic carbocycles. The van der Waals surface area contributed by atoms with Crippen molar-refractivity contribution in [3.05, 3.63) is 71.0 Å². The van der Waals surface area contributed by atoms with Crippen LogP contribution >= 0.6 is 0 Å². The second-order valence-corrected chi connectivity index (χ2v) is 4.76. The van der Waals surface area contributed by atoms with Gasteiger partial charge in [0.15, 0.2) is 0 Å². The van der Waals surface area contributed by atoms with Crippen molar-refractivity contribution in [1.29, 1.82) is 0 Å². The molecule has 0 radical (unpaired) electrons. The highest BCUT2D eigenvalue weighted by atomic mass is 19.4. The zero-order valence-corrected chi connectivity index (χ0v) is 11.4. The minimum Gasteiger partial charge on any atom is -0.313 e. The number of hydrogen-bond acceptors (Lipinski definition) is 1. The Hall–Kier alpha value is -1.88. The topological polar surface area (TPSA) is 12.0 Å². The van der Waals surface area contributed by atoms with E-state index in [0.29, 0.717) is 6.42 Å². The summed E-state index contributed by atoms with van der Waals surface area (Å²) in [5.41, 5.74) is 0.00210. The summed E-state index contributed by atoms with van der Waals surface area (Å²) in [5, 5.41) is 2.84. The zero-order valence-electron chi connectivity index (χ0n) is 11.4. The van der Waals surface area contributed by atoms with E-state index in [-0.39, 0.29) is 5.56 Å². The molecule has 2 rings (SSSR count). The summed E-state index contributed by atoms with van der Waals surface area (Å²) in [5.74, 6) is -0.675. The maximum atomic E-state index is 13.4. The van der Waals surface area contributed by atoms with Crippen LogP contribution in [0.3, 0.4) is 0 Å². The van der Waals surface area contributed by atoms with E-state index < -0.39 is 23.6 Å². The van der Waals surface area contributed by atoms with Gasteiger partial charge in [-0.2, -0.15) is 13.2 Å². The molecular weight excluding hydrogens is 282 g/mol. The van der Waals surface area contributed by atoms with Gasteiger partial charge >= 0.3 is 6.18 Å². The summed E-state index contributed by atoms with van der Waals surface area (Å²) in [7, 11) is 1.57. The summed E-state index contributed by atoms with van der Waals surface area (Å²) >= 11 is 0. The van der Waals surface area contributed by atoms with E-state index in [2.05, 4.69) is 5.32 Å². The molecule has 5 heteroatoms. The average molecular weight is 297 g/mol. The first kappa shape index (κ1) is 15.5. The third-order valence-electron chi connectivity index (χ3n) is 3.33. The van der Waals surface area contributed by atoms with Crippen LogP contribution in [0.4, 0.5) is 17.6 Å². The molecule has 0 bridgehead atoms. The summed E-state index contributed by atoms with van der Waals surface area (Å²) < 4.78 is 52.6. The van der Waals surface area contributed by atoms with Crippen LogP contribution in [0.25, 0.3) is 0 Å². The maximum Gasteiger partial charge on any atom is 0.416 e. The Bertz CT molecular complexity index is 593. The van der Waals surface area contributed by atoms with Crippen molar-refractivity contribution in [2.24, 2.45) is 0 Å². The van der Waals surface area contributed by atoms with Gasteiger partial charge in [0, 0.05) is 6.04 Å². The van der Waals surface area contributed by atoms with Crippen molar-refractivity contribution in [1.82, 2.24) is 5.32 Å². The standard InChI is InChI=1S/C16H15F4N/c1-21-15(9-11-5-3-2-4-6-11)13-10-12(17)7-8-14(13)16(18,19)20/h2-8,10,15,21H,9H2,1H3. The van der Waals surface area contributed by atoms with Gasteiger partial charge in [0.1, 0.15) is 5.82 Å². The van der Waals surface area contributed by atoms with Crippen molar-refractivity contribution in [3.8, 4) is 0 Å². The summed E-state index contributed by atoms with van der Waals surface area (Å²) in [6, 6.07) is 11.1.